The molecule has 6 nitrogen and oxygen atoms in total. The number of pyridine rings is 2. The van der Waals surface area contributed by atoms with E-state index in [2.05, 4.69) is 22.2 Å². The molecule has 0 saturated carbocycles. The lowest BCUT2D eigenvalue weighted by molar-refractivity contribution is 0.0609. The van der Waals surface area contributed by atoms with Crippen LogP contribution in [0.2, 0.25) is 0 Å². The summed E-state index contributed by atoms with van der Waals surface area (Å²) in [5, 5.41) is 4.29. The van der Waals surface area contributed by atoms with Crippen molar-refractivity contribution < 1.29 is 9.53 Å². The van der Waals surface area contributed by atoms with Crippen LogP contribution in [0.1, 0.15) is 48.7 Å². The SMILES string of the molecule is CC[C@H]1CCCCN1C(=O)c1cnc2nc(C)ccc2c1Nc1cccc(OC)c1. The second-order valence-electron chi connectivity index (χ2n) is 7.78. The summed E-state index contributed by atoms with van der Waals surface area (Å²) in [5.41, 5.74) is 3.69. The predicted octanol–water partition coefficient (Wildman–Crippen LogP) is 5.10. The second kappa shape index (κ2) is 8.69. The molecule has 0 radical (unpaired) electrons. The number of rotatable bonds is 5. The summed E-state index contributed by atoms with van der Waals surface area (Å²) in [6.07, 6.45) is 5.91. The highest BCUT2D eigenvalue weighted by molar-refractivity contribution is 6.07. The first-order chi connectivity index (χ1) is 14.6. The number of methoxy groups -OCH3 is 1. The van der Waals surface area contributed by atoms with Gasteiger partial charge < -0.3 is 15.0 Å². The summed E-state index contributed by atoms with van der Waals surface area (Å²) in [4.78, 5) is 24.7. The molecule has 1 amide bonds. The van der Waals surface area contributed by atoms with Crippen LogP contribution < -0.4 is 10.1 Å². The number of benzene rings is 1. The number of ether oxygens (including phenoxy) is 1. The number of hydrogen-bond acceptors (Lipinski definition) is 5. The smallest absolute Gasteiger partial charge is 0.257 e. The largest absolute Gasteiger partial charge is 0.497 e. The number of nitrogens with zero attached hydrogens (tertiary/aromatic N) is 3. The van der Waals surface area contributed by atoms with Gasteiger partial charge >= 0.3 is 0 Å². The maximum atomic E-state index is 13.6. The number of carbonyl (C=O) groups is 1. The van der Waals surface area contributed by atoms with Gasteiger partial charge in [-0.25, -0.2) is 9.97 Å². The van der Waals surface area contributed by atoms with Gasteiger partial charge in [0.15, 0.2) is 5.65 Å². The van der Waals surface area contributed by atoms with Crippen molar-refractivity contribution in [2.75, 3.05) is 19.0 Å². The molecule has 0 unspecified atom stereocenters. The molecule has 156 valence electrons. The quantitative estimate of drug-likeness (QED) is 0.641. The summed E-state index contributed by atoms with van der Waals surface area (Å²) in [6.45, 7) is 4.88. The third kappa shape index (κ3) is 3.95. The van der Waals surface area contributed by atoms with Crippen LogP contribution >= 0.6 is 0 Å². The highest BCUT2D eigenvalue weighted by Crippen LogP contribution is 2.32. The third-order valence-electron chi connectivity index (χ3n) is 5.80. The van der Waals surface area contributed by atoms with Crippen LogP contribution in [0.4, 0.5) is 11.4 Å². The van der Waals surface area contributed by atoms with Crippen LogP contribution in [-0.4, -0.2) is 40.5 Å². The van der Waals surface area contributed by atoms with E-state index in [1.54, 1.807) is 13.3 Å². The lowest BCUT2D eigenvalue weighted by Gasteiger charge is -2.35. The normalized spacial score (nSPS) is 16.5. The van der Waals surface area contributed by atoms with Gasteiger partial charge in [-0.3, -0.25) is 4.79 Å². The van der Waals surface area contributed by atoms with Crippen molar-refractivity contribution in [3.05, 3.63) is 53.9 Å². The average molecular weight is 405 g/mol. The van der Waals surface area contributed by atoms with Gasteiger partial charge in [-0.1, -0.05) is 13.0 Å². The summed E-state index contributed by atoms with van der Waals surface area (Å²) < 4.78 is 5.36. The highest BCUT2D eigenvalue weighted by Gasteiger charge is 2.28. The van der Waals surface area contributed by atoms with Crippen LogP contribution in [-0.2, 0) is 0 Å². The Hall–Kier alpha value is -3.15. The van der Waals surface area contributed by atoms with Crippen molar-refractivity contribution in [2.24, 2.45) is 0 Å². The van der Waals surface area contributed by atoms with Crippen molar-refractivity contribution in [3.63, 3.8) is 0 Å². The molecule has 3 aromatic rings. The number of amides is 1. The maximum absolute atomic E-state index is 13.6. The van der Waals surface area contributed by atoms with Crippen LogP contribution in [0.3, 0.4) is 0 Å². The summed E-state index contributed by atoms with van der Waals surface area (Å²) in [5.74, 6) is 0.782. The molecule has 1 N–H and O–H groups in total. The number of carbonyl (C=O) groups excluding carboxylic acids is 1. The molecular formula is C24H28N4O2. The molecule has 1 fully saturated rings. The fourth-order valence-electron chi connectivity index (χ4n) is 4.16. The Kier molecular flexibility index (Phi) is 5.84. The number of anilines is 2. The van der Waals surface area contributed by atoms with Crippen LogP contribution in [0.15, 0.2) is 42.6 Å². The molecular weight excluding hydrogens is 376 g/mol. The predicted molar refractivity (Wildman–Crippen MR) is 120 cm³/mol. The standard InChI is InChI=1S/C24H28N4O2/c1-4-18-9-5-6-13-28(18)24(29)21-15-25-23-20(12-11-16(2)26-23)22(21)27-17-8-7-10-19(14-17)30-3/h7-8,10-12,14-15,18H,4-6,9,13H2,1-3H3,(H,25,26,27)/t18-/m0/s1. The van der Waals surface area contributed by atoms with Gasteiger partial charge in [-0.05, 0) is 56.9 Å². The van der Waals surface area contributed by atoms with E-state index < -0.39 is 0 Å². The summed E-state index contributed by atoms with van der Waals surface area (Å²) in [6, 6.07) is 11.9. The van der Waals surface area contributed by atoms with Crippen molar-refractivity contribution in [3.8, 4) is 5.75 Å². The highest BCUT2D eigenvalue weighted by atomic mass is 16.5. The van der Waals surface area contributed by atoms with Crippen molar-refractivity contribution in [1.29, 1.82) is 0 Å². The number of likely N-dealkylation sites (tertiary alicyclic amines) is 1. The first kappa shape index (κ1) is 20.1. The van der Waals surface area contributed by atoms with Gasteiger partial charge in [0, 0.05) is 41.6 Å². The summed E-state index contributed by atoms with van der Waals surface area (Å²) >= 11 is 0. The first-order valence-corrected chi connectivity index (χ1v) is 10.6. The molecule has 3 heterocycles. The van der Waals surface area contributed by atoms with E-state index in [0.29, 0.717) is 11.2 Å². The van der Waals surface area contributed by atoms with Gasteiger partial charge in [-0.15, -0.1) is 0 Å². The minimum atomic E-state index is 0.0296. The van der Waals surface area contributed by atoms with E-state index in [1.807, 2.05) is 48.2 Å². The Balaban J connectivity index is 1.81. The second-order valence-corrected chi connectivity index (χ2v) is 7.78. The van der Waals surface area contributed by atoms with Crippen LogP contribution in [0, 0.1) is 6.92 Å². The van der Waals surface area contributed by atoms with Gasteiger partial charge in [0.05, 0.1) is 18.4 Å². The topological polar surface area (TPSA) is 67.4 Å². The minimum absolute atomic E-state index is 0.0296. The third-order valence-corrected chi connectivity index (χ3v) is 5.80. The van der Waals surface area contributed by atoms with Crippen molar-refractivity contribution >= 4 is 28.3 Å². The lowest BCUT2D eigenvalue weighted by Crippen LogP contribution is -2.43. The van der Waals surface area contributed by atoms with Gasteiger partial charge in [0.2, 0.25) is 0 Å². The fraction of sp³-hybridized carbons (Fsp3) is 0.375. The Morgan fingerprint density at radius 3 is 2.93 bits per heavy atom. The number of hydrogen-bond donors (Lipinski definition) is 1. The molecule has 1 saturated heterocycles. The van der Waals surface area contributed by atoms with E-state index in [-0.39, 0.29) is 11.9 Å². The fourth-order valence-corrected chi connectivity index (χ4v) is 4.16. The molecule has 1 atom stereocenters. The molecule has 1 aliphatic rings. The number of aromatic nitrogens is 2. The van der Waals surface area contributed by atoms with E-state index in [1.165, 1.54) is 6.42 Å². The molecule has 2 aromatic heterocycles. The minimum Gasteiger partial charge on any atom is -0.497 e. The molecule has 0 spiro atoms. The molecule has 30 heavy (non-hydrogen) atoms. The molecule has 0 bridgehead atoms. The Morgan fingerprint density at radius 1 is 1.27 bits per heavy atom. The van der Waals surface area contributed by atoms with Crippen molar-refractivity contribution in [1.82, 2.24) is 14.9 Å². The Labute approximate surface area is 177 Å². The van der Waals surface area contributed by atoms with Crippen molar-refractivity contribution in [2.45, 2.75) is 45.6 Å². The maximum Gasteiger partial charge on any atom is 0.257 e. The molecule has 1 aliphatic heterocycles. The van der Waals surface area contributed by atoms with Gasteiger partial charge in [-0.2, -0.15) is 0 Å². The zero-order chi connectivity index (χ0) is 21.1. The van der Waals surface area contributed by atoms with E-state index in [4.69, 9.17) is 4.74 Å². The van der Waals surface area contributed by atoms with E-state index in [9.17, 15) is 4.79 Å². The van der Waals surface area contributed by atoms with Crippen LogP contribution in [0.5, 0.6) is 5.75 Å². The molecule has 6 heteroatoms. The molecule has 0 aliphatic carbocycles. The van der Waals surface area contributed by atoms with Gasteiger partial charge in [0.1, 0.15) is 5.75 Å². The van der Waals surface area contributed by atoms with E-state index in [0.717, 1.165) is 54.0 Å². The Bertz CT molecular complexity index is 1070. The van der Waals surface area contributed by atoms with Gasteiger partial charge in [0.25, 0.3) is 5.91 Å². The zero-order valence-corrected chi connectivity index (χ0v) is 17.8. The number of fused-ring (bicyclic) bond motifs is 1. The van der Waals surface area contributed by atoms with E-state index >= 15 is 0 Å². The zero-order valence-electron chi connectivity index (χ0n) is 17.8. The monoisotopic (exact) mass is 404 g/mol. The first-order valence-electron chi connectivity index (χ1n) is 10.6. The molecule has 4 rings (SSSR count). The van der Waals surface area contributed by atoms with Crippen LogP contribution in [0.25, 0.3) is 11.0 Å². The number of aryl methyl sites for hydroxylation is 1. The number of nitrogens with one attached hydrogen (secondary N) is 1. The summed E-state index contributed by atoms with van der Waals surface area (Å²) in [7, 11) is 1.64. The Morgan fingerprint density at radius 2 is 2.13 bits per heavy atom. The average Bonchev–Trinajstić information content (AvgIpc) is 2.78. The molecule has 1 aromatic carbocycles. The number of piperidine rings is 1. The lowest BCUT2D eigenvalue weighted by atomic mass is 9.98.